The number of thioether (sulfide) groups is 1. The van der Waals surface area contributed by atoms with Crippen LogP contribution in [-0.4, -0.2) is 26.2 Å². The largest absolute Gasteiger partial charge is 0.310 e. The number of rotatable bonds is 4. The number of fused-ring (bicyclic) bond motifs is 2. The molecule has 0 spiro atoms. The molecule has 0 unspecified atom stereocenters. The van der Waals surface area contributed by atoms with Crippen molar-refractivity contribution < 1.29 is 4.79 Å². The molecule has 2 fully saturated rings. The lowest BCUT2D eigenvalue weighted by molar-refractivity contribution is -0.113. The molecule has 22 heavy (non-hydrogen) atoms. The predicted molar refractivity (Wildman–Crippen MR) is 92.3 cm³/mol. The lowest BCUT2D eigenvalue weighted by atomic mass is 9.95. The summed E-state index contributed by atoms with van der Waals surface area (Å²) in [6, 6.07) is 2.49. The summed E-state index contributed by atoms with van der Waals surface area (Å²) in [5, 5.41) is 7.75. The molecule has 1 amide bonds. The fourth-order valence-corrected chi connectivity index (χ4v) is 4.47. The van der Waals surface area contributed by atoms with Gasteiger partial charge in [0.2, 0.25) is 5.91 Å². The number of carbonyl (C=O) groups excluding carboxylic acids is 1. The molecule has 2 aliphatic carbocycles. The predicted octanol–water partition coefficient (Wildman–Crippen LogP) is 4.02. The van der Waals surface area contributed by atoms with E-state index in [4.69, 9.17) is 0 Å². The quantitative estimate of drug-likeness (QED) is 0.911. The number of amides is 1. The van der Waals surface area contributed by atoms with Crippen LogP contribution in [0.15, 0.2) is 6.07 Å². The van der Waals surface area contributed by atoms with Gasteiger partial charge in [-0.25, -0.2) is 4.68 Å². The van der Waals surface area contributed by atoms with Crippen molar-refractivity contribution in [3.05, 3.63) is 11.8 Å². The maximum atomic E-state index is 12.2. The van der Waals surface area contributed by atoms with Crippen molar-refractivity contribution in [2.45, 2.75) is 64.2 Å². The molecule has 3 atom stereocenters. The van der Waals surface area contributed by atoms with Gasteiger partial charge in [-0.3, -0.25) is 4.79 Å². The Bertz CT molecular complexity index is 561. The zero-order valence-electron chi connectivity index (χ0n) is 14.1. The van der Waals surface area contributed by atoms with Crippen molar-refractivity contribution >= 4 is 23.5 Å². The van der Waals surface area contributed by atoms with Gasteiger partial charge < -0.3 is 5.32 Å². The summed E-state index contributed by atoms with van der Waals surface area (Å²) in [7, 11) is 0. The molecule has 122 valence electrons. The van der Waals surface area contributed by atoms with E-state index in [1.165, 1.54) is 25.7 Å². The van der Waals surface area contributed by atoms with Crippen molar-refractivity contribution in [1.82, 2.24) is 9.78 Å². The van der Waals surface area contributed by atoms with Crippen molar-refractivity contribution in [3.63, 3.8) is 0 Å². The highest BCUT2D eigenvalue weighted by Crippen LogP contribution is 2.51. The van der Waals surface area contributed by atoms with Crippen LogP contribution in [0, 0.1) is 18.8 Å². The van der Waals surface area contributed by atoms with Crippen LogP contribution in [0.5, 0.6) is 0 Å². The lowest BCUT2D eigenvalue weighted by Crippen LogP contribution is -2.24. The average molecular weight is 321 g/mol. The molecule has 0 aromatic carbocycles. The Morgan fingerprint density at radius 1 is 1.41 bits per heavy atom. The third-order valence-electron chi connectivity index (χ3n) is 4.78. The second-order valence-corrected chi connectivity index (χ2v) is 9.61. The maximum absolute atomic E-state index is 12.2. The monoisotopic (exact) mass is 321 g/mol. The van der Waals surface area contributed by atoms with Crippen molar-refractivity contribution in [3.8, 4) is 0 Å². The molecule has 1 heterocycles. The minimum atomic E-state index is 0.0734. The normalized spacial score (nSPS) is 27.4. The zero-order chi connectivity index (χ0) is 15.9. The molecule has 1 aromatic heterocycles. The standard InChI is InChI=1S/C17H27N3OS/c1-11-7-15(18-16(21)10-22-17(2,3)4)20(19-11)14-9-12-5-6-13(14)8-12/h7,12-14H,5-6,8-10H2,1-4H3,(H,18,21)/t12-,13-,14-/m0/s1. The Morgan fingerprint density at radius 2 is 2.18 bits per heavy atom. The van der Waals surface area contributed by atoms with Crippen LogP contribution in [0.2, 0.25) is 0 Å². The fraction of sp³-hybridized carbons (Fsp3) is 0.765. The van der Waals surface area contributed by atoms with Crippen LogP contribution in [-0.2, 0) is 4.79 Å². The Labute approximate surface area is 137 Å². The van der Waals surface area contributed by atoms with Gasteiger partial charge in [-0.1, -0.05) is 27.2 Å². The summed E-state index contributed by atoms with van der Waals surface area (Å²) in [5.74, 6) is 3.08. The molecule has 2 aliphatic rings. The van der Waals surface area contributed by atoms with E-state index < -0.39 is 0 Å². The Balaban J connectivity index is 1.68. The summed E-state index contributed by atoms with van der Waals surface area (Å²) in [5.41, 5.74) is 0.988. The first-order valence-electron chi connectivity index (χ1n) is 8.32. The molecular formula is C17H27N3OS. The fourth-order valence-electron chi connectivity index (χ4n) is 3.83. The number of hydrogen-bond acceptors (Lipinski definition) is 3. The second-order valence-electron chi connectivity index (χ2n) is 7.81. The summed E-state index contributed by atoms with van der Waals surface area (Å²) < 4.78 is 2.21. The summed E-state index contributed by atoms with van der Waals surface area (Å²) in [4.78, 5) is 12.2. The molecule has 4 nitrogen and oxygen atoms in total. The van der Waals surface area contributed by atoms with Gasteiger partial charge in [0.15, 0.2) is 0 Å². The first kappa shape index (κ1) is 15.9. The zero-order valence-corrected chi connectivity index (χ0v) is 14.9. The molecule has 1 N–H and O–H groups in total. The maximum Gasteiger partial charge on any atom is 0.235 e. The molecule has 0 radical (unpaired) electrons. The van der Waals surface area contributed by atoms with Gasteiger partial charge in [0.05, 0.1) is 17.5 Å². The Hall–Kier alpha value is -0.970. The van der Waals surface area contributed by atoms with Gasteiger partial charge in [0, 0.05) is 10.8 Å². The highest BCUT2D eigenvalue weighted by molar-refractivity contribution is 8.01. The highest BCUT2D eigenvalue weighted by Gasteiger charge is 2.41. The topological polar surface area (TPSA) is 46.9 Å². The Kier molecular flexibility index (Phi) is 4.27. The van der Waals surface area contributed by atoms with Crippen molar-refractivity contribution in [1.29, 1.82) is 0 Å². The number of nitrogens with one attached hydrogen (secondary N) is 1. The summed E-state index contributed by atoms with van der Waals surface area (Å²) in [6.45, 7) is 8.40. The number of carbonyl (C=O) groups is 1. The van der Waals surface area contributed by atoms with Crippen LogP contribution < -0.4 is 5.32 Å². The van der Waals surface area contributed by atoms with E-state index in [2.05, 4.69) is 35.9 Å². The minimum absolute atomic E-state index is 0.0734. The van der Waals surface area contributed by atoms with Gasteiger partial charge in [-0.15, -0.1) is 11.8 Å². The first-order chi connectivity index (χ1) is 10.3. The summed E-state index contributed by atoms with van der Waals surface area (Å²) >= 11 is 1.68. The summed E-state index contributed by atoms with van der Waals surface area (Å²) in [6.07, 6.45) is 5.27. The van der Waals surface area contributed by atoms with Crippen LogP contribution in [0.3, 0.4) is 0 Å². The number of aryl methyl sites for hydroxylation is 1. The van der Waals surface area contributed by atoms with Gasteiger partial charge in [-0.05, 0) is 38.0 Å². The Morgan fingerprint density at radius 3 is 2.77 bits per heavy atom. The lowest BCUT2D eigenvalue weighted by Gasteiger charge is -2.24. The van der Waals surface area contributed by atoms with Crippen molar-refractivity contribution in [2.75, 3.05) is 11.1 Å². The molecule has 5 heteroatoms. The van der Waals surface area contributed by atoms with E-state index in [0.717, 1.165) is 23.3 Å². The number of anilines is 1. The van der Waals surface area contributed by atoms with Gasteiger partial charge in [-0.2, -0.15) is 5.10 Å². The SMILES string of the molecule is Cc1cc(NC(=O)CSC(C)(C)C)n([C@H]2C[C@H]3CC[C@H]2C3)n1. The molecular weight excluding hydrogens is 294 g/mol. The second kappa shape index (κ2) is 5.91. The van der Waals surface area contributed by atoms with Crippen molar-refractivity contribution in [2.24, 2.45) is 11.8 Å². The van der Waals surface area contributed by atoms with E-state index >= 15 is 0 Å². The van der Waals surface area contributed by atoms with E-state index in [9.17, 15) is 4.79 Å². The third kappa shape index (κ3) is 3.50. The van der Waals surface area contributed by atoms with E-state index in [1.807, 2.05) is 13.0 Å². The molecule has 0 saturated heterocycles. The third-order valence-corrected chi connectivity index (χ3v) is 6.05. The number of nitrogens with zero attached hydrogens (tertiary/aromatic N) is 2. The van der Waals surface area contributed by atoms with Crippen LogP contribution in [0.1, 0.15) is 58.2 Å². The van der Waals surface area contributed by atoms with Crippen LogP contribution >= 0.6 is 11.8 Å². The highest BCUT2D eigenvalue weighted by atomic mass is 32.2. The van der Waals surface area contributed by atoms with Gasteiger partial charge in [0.25, 0.3) is 0 Å². The molecule has 1 aromatic rings. The minimum Gasteiger partial charge on any atom is -0.310 e. The first-order valence-corrected chi connectivity index (χ1v) is 9.30. The van der Waals surface area contributed by atoms with Gasteiger partial charge >= 0.3 is 0 Å². The molecule has 0 aliphatic heterocycles. The number of aromatic nitrogens is 2. The average Bonchev–Trinajstić information content (AvgIpc) is 3.10. The molecule has 3 rings (SSSR count). The number of hydrogen-bond donors (Lipinski definition) is 1. The van der Waals surface area contributed by atoms with E-state index in [0.29, 0.717) is 11.8 Å². The van der Waals surface area contributed by atoms with Crippen LogP contribution in [0.4, 0.5) is 5.82 Å². The van der Waals surface area contributed by atoms with E-state index in [-0.39, 0.29) is 10.7 Å². The molecule has 2 saturated carbocycles. The molecule has 2 bridgehead atoms. The van der Waals surface area contributed by atoms with Gasteiger partial charge in [0.1, 0.15) is 5.82 Å². The van der Waals surface area contributed by atoms with Crippen LogP contribution in [0.25, 0.3) is 0 Å². The van der Waals surface area contributed by atoms with E-state index in [1.54, 1.807) is 11.8 Å². The smallest absolute Gasteiger partial charge is 0.235 e.